The van der Waals surface area contributed by atoms with E-state index < -0.39 is 5.60 Å². The van der Waals surface area contributed by atoms with Crippen LogP contribution >= 0.6 is 0 Å². The molecule has 164 valence electrons. The molecule has 31 heavy (non-hydrogen) atoms. The summed E-state index contributed by atoms with van der Waals surface area (Å²) in [5.74, 6) is 0.935. The number of carbonyl (C=O) groups excluding carboxylic acids is 1. The molecule has 4 rings (SSSR count). The molecule has 3 aromatic rings. The average molecular weight is 422 g/mol. The number of carbonyl (C=O) groups is 1. The smallest absolute Gasteiger partial charge is 0.254 e. The molecule has 0 spiro atoms. The first-order valence-electron chi connectivity index (χ1n) is 10.9. The van der Waals surface area contributed by atoms with Crippen molar-refractivity contribution >= 4 is 22.8 Å². The van der Waals surface area contributed by atoms with Gasteiger partial charge in [0.2, 0.25) is 0 Å². The second kappa shape index (κ2) is 7.96. The number of aliphatic hydroxyl groups is 1. The van der Waals surface area contributed by atoms with E-state index >= 15 is 0 Å². The summed E-state index contributed by atoms with van der Waals surface area (Å²) in [5, 5.41) is 11.3. The number of aromatic amines is 1. The zero-order valence-corrected chi connectivity index (χ0v) is 18.8. The van der Waals surface area contributed by atoms with Crippen molar-refractivity contribution in [2.45, 2.75) is 52.3 Å². The van der Waals surface area contributed by atoms with Crippen LogP contribution in [0.3, 0.4) is 0 Å². The lowest BCUT2D eigenvalue weighted by atomic mass is 9.94. The Morgan fingerprint density at radius 3 is 2.55 bits per heavy atom. The molecule has 7 heteroatoms. The quantitative estimate of drug-likeness (QED) is 0.674. The van der Waals surface area contributed by atoms with E-state index in [-0.39, 0.29) is 23.9 Å². The average Bonchev–Trinajstić information content (AvgIpc) is 3.17. The van der Waals surface area contributed by atoms with Gasteiger partial charge in [-0.05, 0) is 32.3 Å². The van der Waals surface area contributed by atoms with Gasteiger partial charge < -0.3 is 19.9 Å². The van der Waals surface area contributed by atoms with E-state index in [1.54, 1.807) is 20.2 Å². The largest absolute Gasteiger partial charge is 0.381 e. The van der Waals surface area contributed by atoms with E-state index in [2.05, 4.69) is 40.8 Å². The number of aromatic nitrogens is 3. The van der Waals surface area contributed by atoms with Crippen molar-refractivity contribution in [3.63, 3.8) is 0 Å². The Bertz CT molecular complexity index is 1070. The van der Waals surface area contributed by atoms with E-state index in [4.69, 9.17) is 4.98 Å². The van der Waals surface area contributed by atoms with E-state index in [0.717, 1.165) is 28.0 Å². The molecule has 0 bridgehead atoms. The highest BCUT2D eigenvalue weighted by molar-refractivity contribution is 6.01. The van der Waals surface area contributed by atoms with Gasteiger partial charge >= 0.3 is 0 Å². The van der Waals surface area contributed by atoms with Crippen molar-refractivity contribution in [2.75, 3.05) is 18.0 Å². The maximum absolute atomic E-state index is 12.9. The lowest BCUT2D eigenvalue weighted by Gasteiger charge is -2.48. The monoisotopic (exact) mass is 421 g/mol. The number of hydrogen-bond donors (Lipinski definition) is 2. The minimum absolute atomic E-state index is 0.0574. The molecule has 1 saturated heterocycles. The van der Waals surface area contributed by atoms with Crippen LogP contribution in [-0.2, 0) is 4.79 Å². The van der Waals surface area contributed by atoms with Crippen LogP contribution in [0.4, 0.5) is 5.82 Å². The number of nitrogens with one attached hydrogen (secondary N) is 1. The zero-order valence-electron chi connectivity index (χ0n) is 18.8. The number of piperazine rings is 1. The Labute approximate surface area is 183 Å². The molecule has 0 saturated carbocycles. The second-order valence-electron chi connectivity index (χ2n) is 9.32. The molecular weight excluding hydrogens is 390 g/mol. The lowest BCUT2D eigenvalue weighted by Crippen LogP contribution is -2.63. The fourth-order valence-corrected chi connectivity index (χ4v) is 4.46. The summed E-state index contributed by atoms with van der Waals surface area (Å²) < 4.78 is 0. The fourth-order valence-electron chi connectivity index (χ4n) is 4.46. The summed E-state index contributed by atoms with van der Waals surface area (Å²) >= 11 is 0. The summed E-state index contributed by atoms with van der Waals surface area (Å²) in [6.07, 6.45) is 3.58. The number of amides is 1. The van der Waals surface area contributed by atoms with Crippen LogP contribution in [0.5, 0.6) is 0 Å². The Morgan fingerprint density at radius 1 is 1.19 bits per heavy atom. The van der Waals surface area contributed by atoms with Crippen molar-refractivity contribution < 1.29 is 9.90 Å². The number of H-pyrrole nitrogens is 1. The maximum atomic E-state index is 12.9. The van der Waals surface area contributed by atoms with Gasteiger partial charge in [-0.1, -0.05) is 44.2 Å². The van der Waals surface area contributed by atoms with Gasteiger partial charge in [0, 0.05) is 30.9 Å². The van der Waals surface area contributed by atoms with E-state index in [0.29, 0.717) is 13.1 Å². The van der Waals surface area contributed by atoms with E-state index in [1.807, 2.05) is 36.2 Å². The number of nitrogens with zero attached hydrogens (tertiary/aromatic N) is 4. The normalized spacial score (nSPS) is 20.0. The molecule has 0 aliphatic carbocycles. The first kappa shape index (κ1) is 21.3. The summed E-state index contributed by atoms with van der Waals surface area (Å²) in [7, 11) is 0. The van der Waals surface area contributed by atoms with Crippen molar-refractivity contribution in [1.82, 2.24) is 19.9 Å². The topological polar surface area (TPSA) is 85.3 Å². The zero-order chi connectivity index (χ0) is 22.3. The van der Waals surface area contributed by atoms with Gasteiger partial charge in [0.1, 0.15) is 23.4 Å². The van der Waals surface area contributed by atoms with Gasteiger partial charge in [-0.2, -0.15) is 0 Å². The Morgan fingerprint density at radius 2 is 1.90 bits per heavy atom. The predicted molar refractivity (Wildman–Crippen MR) is 123 cm³/mol. The van der Waals surface area contributed by atoms with Crippen LogP contribution in [-0.4, -0.2) is 61.6 Å². The summed E-state index contributed by atoms with van der Waals surface area (Å²) in [4.78, 5) is 29.5. The van der Waals surface area contributed by atoms with Gasteiger partial charge in [-0.3, -0.25) is 4.79 Å². The third kappa shape index (κ3) is 3.90. The second-order valence-corrected chi connectivity index (χ2v) is 9.32. The minimum Gasteiger partial charge on any atom is -0.381 e. The highest BCUT2D eigenvalue weighted by Gasteiger charge is 2.41. The maximum Gasteiger partial charge on any atom is 0.254 e. The Balaban J connectivity index is 1.79. The molecule has 1 aromatic carbocycles. The van der Waals surface area contributed by atoms with Gasteiger partial charge in [-0.15, -0.1) is 0 Å². The fraction of sp³-hybridized carbons (Fsp3) is 0.458. The van der Waals surface area contributed by atoms with Gasteiger partial charge in [0.05, 0.1) is 11.4 Å². The summed E-state index contributed by atoms with van der Waals surface area (Å²) in [6.45, 7) is 10.6. The molecule has 1 aliphatic rings. The first-order chi connectivity index (χ1) is 14.7. The Kier molecular flexibility index (Phi) is 5.47. The van der Waals surface area contributed by atoms with Gasteiger partial charge in [0.25, 0.3) is 5.91 Å². The van der Waals surface area contributed by atoms with Crippen molar-refractivity contribution in [2.24, 2.45) is 5.92 Å². The number of rotatable bonds is 4. The predicted octanol–water partition coefficient (Wildman–Crippen LogP) is 3.46. The van der Waals surface area contributed by atoms with Crippen LogP contribution in [0.2, 0.25) is 0 Å². The van der Waals surface area contributed by atoms with Gasteiger partial charge in [0.15, 0.2) is 0 Å². The van der Waals surface area contributed by atoms with Crippen LogP contribution in [0.15, 0.2) is 42.9 Å². The molecule has 0 radical (unpaired) electrons. The summed E-state index contributed by atoms with van der Waals surface area (Å²) in [5.41, 5.74) is 1.58. The number of fused-ring (bicyclic) bond motifs is 1. The van der Waals surface area contributed by atoms with Crippen molar-refractivity contribution in [1.29, 1.82) is 0 Å². The number of benzene rings is 1. The molecule has 3 heterocycles. The molecule has 2 atom stereocenters. The molecule has 2 aromatic heterocycles. The van der Waals surface area contributed by atoms with Crippen LogP contribution in [0.25, 0.3) is 22.2 Å². The SMILES string of the molecule is CC(C)[C@H]1CN(C(=O)C(C)(C)O)[C@H](C)CN1c1ncnc2[nH]cc(-c3ccccc3)c12. The molecule has 1 aliphatic heterocycles. The first-order valence-corrected chi connectivity index (χ1v) is 10.9. The highest BCUT2D eigenvalue weighted by Crippen LogP contribution is 2.36. The Hall–Kier alpha value is -2.93. The minimum atomic E-state index is -1.39. The molecule has 1 fully saturated rings. The highest BCUT2D eigenvalue weighted by atomic mass is 16.3. The van der Waals surface area contributed by atoms with E-state index in [9.17, 15) is 9.90 Å². The molecular formula is C24H31N5O2. The number of hydrogen-bond acceptors (Lipinski definition) is 5. The molecule has 2 N–H and O–H groups in total. The third-order valence-electron chi connectivity index (χ3n) is 6.14. The summed E-state index contributed by atoms with van der Waals surface area (Å²) in [6, 6.07) is 10.2. The third-order valence-corrected chi connectivity index (χ3v) is 6.14. The lowest BCUT2D eigenvalue weighted by molar-refractivity contribution is -0.151. The van der Waals surface area contributed by atoms with Crippen molar-refractivity contribution in [3.8, 4) is 11.1 Å². The van der Waals surface area contributed by atoms with Crippen molar-refractivity contribution in [3.05, 3.63) is 42.9 Å². The molecule has 7 nitrogen and oxygen atoms in total. The molecule has 1 amide bonds. The van der Waals surface area contributed by atoms with E-state index in [1.165, 1.54) is 0 Å². The standard InChI is InChI=1S/C24H31N5O2/c1-15(2)19-13-28(23(30)24(4,5)31)16(3)12-29(19)22-20-18(17-9-7-6-8-10-17)11-25-21(20)26-14-27-22/h6-11,14-16,19,31H,12-13H2,1-5H3,(H,25,26,27)/t16-,19-/m1/s1. The van der Waals surface area contributed by atoms with Crippen LogP contribution < -0.4 is 4.90 Å². The van der Waals surface area contributed by atoms with Crippen LogP contribution in [0.1, 0.15) is 34.6 Å². The van der Waals surface area contributed by atoms with Crippen LogP contribution in [0, 0.1) is 5.92 Å². The molecule has 0 unspecified atom stereocenters. The van der Waals surface area contributed by atoms with Gasteiger partial charge in [-0.25, -0.2) is 9.97 Å². The number of anilines is 1.